The maximum atomic E-state index is 12.0. The second-order valence-corrected chi connectivity index (χ2v) is 6.67. The molecule has 0 fully saturated rings. The van der Waals surface area contributed by atoms with Gasteiger partial charge in [0, 0.05) is 31.7 Å². The molecular formula is C22H28N4O. The minimum absolute atomic E-state index is 0.0390. The van der Waals surface area contributed by atoms with Gasteiger partial charge in [-0.3, -0.25) is 4.79 Å². The van der Waals surface area contributed by atoms with E-state index in [1.54, 1.807) is 0 Å². The number of carbonyl (C=O) groups excluding carboxylic acids is 1. The fourth-order valence-electron chi connectivity index (χ4n) is 3.34. The summed E-state index contributed by atoms with van der Waals surface area (Å²) in [4.78, 5) is 19.2. The third kappa shape index (κ3) is 4.88. The average molecular weight is 364 g/mol. The van der Waals surface area contributed by atoms with Gasteiger partial charge in [0.1, 0.15) is 0 Å². The molecule has 5 nitrogen and oxygen atoms in total. The summed E-state index contributed by atoms with van der Waals surface area (Å²) in [6.07, 6.45) is 1.03. The van der Waals surface area contributed by atoms with Crippen LogP contribution in [0.15, 0.2) is 53.5 Å². The van der Waals surface area contributed by atoms with Crippen molar-refractivity contribution >= 4 is 11.9 Å². The molecule has 0 atom stereocenters. The van der Waals surface area contributed by atoms with E-state index in [0.717, 1.165) is 37.6 Å². The molecule has 1 aliphatic rings. The molecule has 0 saturated heterocycles. The largest absolute Gasteiger partial charge is 0.356 e. The number of guanidine groups is 1. The molecule has 27 heavy (non-hydrogen) atoms. The van der Waals surface area contributed by atoms with Crippen LogP contribution in [0.5, 0.6) is 0 Å². The molecule has 2 N–H and O–H groups in total. The van der Waals surface area contributed by atoms with Gasteiger partial charge in [-0.05, 0) is 49.1 Å². The summed E-state index contributed by atoms with van der Waals surface area (Å²) in [5.74, 6) is 0.887. The summed E-state index contributed by atoms with van der Waals surface area (Å²) in [6.45, 7) is 7.85. The van der Waals surface area contributed by atoms with E-state index in [-0.39, 0.29) is 5.91 Å². The number of hydrogen-bond donors (Lipinski definition) is 2. The molecule has 142 valence electrons. The summed E-state index contributed by atoms with van der Waals surface area (Å²) in [5.41, 5.74) is 4.51. The lowest BCUT2D eigenvalue weighted by Gasteiger charge is -2.31. The van der Waals surface area contributed by atoms with E-state index >= 15 is 0 Å². The van der Waals surface area contributed by atoms with E-state index in [1.165, 1.54) is 11.1 Å². The van der Waals surface area contributed by atoms with Gasteiger partial charge in [0.2, 0.25) is 0 Å². The fraction of sp³-hybridized carbons (Fsp3) is 0.364. The highest BCUT2D eigenvalue weighted by molar-refractivity contribution is 5.94. The number of nitrogens with zero attached hydrogens (tertiary/aromatic N) is 2. The number of fused-ring (bicyclic) bond motifs is 1. The van der Waals surface area contributed by atoms with E-state index in [1.807, 2.05) is 31.2 Å². The molecule has 0 saturated carbocycles. The standard InChI is InChI=1S/C22H28N4O/c1-3-23-21(27)19-11-7-8-17(14-19)15-25-22(24-4-2)26-13-12-18-9-5-6-10-20(18)16-26/h5-11,14H,3-4,12-13,15-16H2,1-2H3,(H,23,27)(H,24,25). The van der Waals surface area contributed by atoms with E-state index in [9.17, 15) is 4.79 Å². The topological polar surface area (TPSA) is 56.7 Å². The van der Waals surface area contributed by atoms with E-state index in [4.69, 9.17) is 4.99 Å². The Bertz CT molecular complexity index is 815. The average Bonchev–Trinajstić information content (AvgIpc) is 2.71. The van der Waals surface area contributed by atoms with Crippen LogP contribution in [0, 0.1) is 0 Å². The van der Waals surface area contributed by atoms with Crippen molar-refractivity contribution in [2.24, 2.45) is 4.99 Å². The van der Waals surface area contributed by atoms with Crippen LogP contribution in [0.1, 0.15) is 40.9 Å². The molecule has 1 aliphatic heterocycles. The number of amides is 1. The quantitative estimate of drug-likeness (QED) is 0.633. The van der Waals surface area contributed by atoms with Gasteiger partial charge < -0.3 is 15.5 Å². The second-order valence-electron chi connectivity index (χ2n) is 6.67. The number of hydrogen-bond acceptors (Lipinski definition) is 2. The zero-order chi connectivity index (χ0) is 19.1. The van der Waals surface area contributed by atoms with Gasteiger partial charge in [-0.15, -0.1) is 0 Å². The molecule has 1 heterocycles. The normalized spacial score (nSPS) is 13.9. The van der Waals surface area contributed by atoms with Gasteiger partial charge in [-0.1, -0.05) is 36.4 Å². The highest BCUT2D eigenvalue weighted by atomic mass is 16.1. The second kappa shape index (κ2) is 9.21. The summed E-state index contributed by atoms with van der Waals surface area (Å²) in [7, 11) is 0. The molecule has 2 aromatic rings. The Morgan fingerprint density at radius 1 is 1.04 bits per heavy atom. The monoisotopic (exact) mass is 364 g/mol. The van der Waals surface area contributed by atoms with Gasteiger partial charge in [0.15, 0.2) is 5.96 Å². The first kappa shape index (κ1) is 19.0. The minimum atomic E-state index is -0.0390. The smallest absolute Gasteiger partial charge is 0.251 e. The van der Waals surface area contributed by atoms with E-state index in [0.29, 0.717) is 18.7 Å². The van der Waals surface area contributed by atoms with Crippen LogP contribution >= 0.6 is 0 Å². The van der Waals surface area contributed by atoms with Crippen molar-refractivity contribution in [3.8, 4) is 0 Å². The van der Waals surface area contributed by atoms with Crippen molar-refractivity contribution < 1.29 is 4.79 Å². The summed E-state index contributed by atoms with van der Waals surface area (Å²) in [6, 6.07) is 16.3. The Balaban J connectivity index is 1.73. The van der Waals surface area contributed by atoms with Gasteiger partial charge in [0.25, 0.3) is 5.91 Å². The third-order valence-corrected chi connectivity index (χ3v) is 4.70. The summed E-state index contributed by atoms with van der Waals surface area (Å²) >= 11 is 0. The number of benzene rings is 2. The van der Waals surface area contributed by atoms with Crippen molar-refractivity contribution in [2.45, 2.75) is 33.4 Å². The zero-order valence-electron chi connectivity index (χ0n) is 16.2. The van der Waals surface area contributed by atoms with Crippen molar-refractivity contribution in [3.63, 3.8) is 0 Å². The lowest BCUT2D eigenvalue weighted by Crippen LogP contribution is -2.44. The first-order valence-electron chi connectivity index (χ1n) is 9.68. The molecule has 3 rings (SSSR count). The van der Waals surface area contributed by atoms with Crippen molar-refractivity contribution in [1.29, 1.82) is 0 Å². The minimum Gasteiger partial charge on any atom is -0.356 e. The summed E-state index contributed by atoms with van der Waals surface area (Å²) in [5, 5.41) is 6.25. The van der Waals surface area contributed by atoms with Crippen LogP contribution in [0.2, 0.25) is 0 Å². The highest BCUT2D eigenvalue weighted by Crippen LogP contribution is 2.18. The predicted octanol–water partition coefficient (Wildman–Crippen LogP) is 2.96. The third-order valence-electron chi connectivity index (χ3n) is 4.70. The van der Waals surface area contributed by atoms with Crippen LogP contribution in [-0.2, 0) is 19.5 Å². The first-order chi connectivity index (χ1) is 13.2. The molecule has 0 bridgehead atoms. The van der Waals surface area contributed by atoms with Crippen LogP contribution in [0.3, 0.4) is 0 Å². The Morgan fingerprint density at radius 3 is 2.59 bits per heavy atom. The Morgan fingerprint density at radius 2 is 1.81 bits per heavy atom. The van der Waals surface area contributed by atoms with Gasteiger partial charge in [0.05, 0.1) is 6.54 Å². The molecule has 5 heteroatoms. The van der Waals surface area contributed by atoms with Crippen LogP contribution in [0.25, 0.3) is 0 Å². The lowest BCUT2D eigenvalue weighted by atomic mass is 10.0. The number of nitrogens with one attached hydrogen (secondary N) is 2. The molecule has 0 aliphatic carbocycles. The lowest BCUT2D eigenvalue weighted by molar-refractivity contribution is 0.0955. The molecule has 0 radical (unpaired) electrons. The fourth-order valence-corrected chi connectivity index (χ4v) is 3.34. The number of carbonyl (C=O) groups is 1. The first-order valence-corrected chi connectivity index (χ1v) is 9.68. The molecule has 0 aromatic heterocycles. The molecular weight excluding hydrogens is 336 g/mol. The summed E-state index contributed by atoms with van der Waals surface area (Å²) < 4.78 is 0. The Kier molecular flexibility index (Phi) is 6.47. The highest BCUT2D eigenvalue weighted by Gasteiger charge is 2.18. The molecule has 2 aromatic carbocycles. The molecule has 1 amide bonds. The van der Waals surface area contributed by atoms with Crippen molar-refractivity contribution in [1.82, 2.24) is 15.5 Å². The van der Waals surface area contributed by atoms with E-state index in [2.05, 4.69) is 46.7 Å². The van der Waals surface area contributed by atoms with E-state index < -0.39 is 0 Å². The van der Waals surface area contributed by atoms with Crippen molar-refractivity contribution in [2.75, 3.05) is 19.6 Å². The van der Waals surface area contributed by atoms with Gasteiger partial charge in [-0.25, -0.2) is 4.99 Å². The van der Waals surface area contributed by atoms with Crippen LogP contribution in [-0.4, -0.2) is 36.4 Å². The number of rotatable bonds is 5. The Labute approximate surface area is 161 Å². The maximum absolute atomic E-state index is 12.0. The number of aliphatic imine (C=N–C) groups is 1. The van der Waals surface area contributed by atoms with Gasteiger partial charge >= 0.3 is 0 Å². The SMILES string of the molecule is CCNC(=O)c1cccc(CN=C(NCC)N2CCc3ccccc3C2)c1. The van der Waals surface area contributed by atoms with Crippen LogP contribution in [0.4, 0.5) is 0 Å². The molecule has 0 spiro atoms. The maximum Gasteiger partial charge on any atom is 0.251 e. The molecule has 0 unspecified atom stereocenters. The zero-order valence-corrected chi connectivity index (χ0v) is 16.2. The van der Waals surface area contributed by atoms with Crippen molar-refractivity contribution in [3.05, 3.63) is 70.8 Å². The van der Waals surface area contributed by atoms with Crippen LogP contribution < -0.4 is 10.6 Å². The Hall–Kier alpha value is -2.82. The predicted molar refractivity (Wildman–Crippen MR) is 110 cm³/mol. The van der Waals surface area contributed by atoms with Gasteiger partial charge in [-0.2, -0.15) is 0 Å².